The minimum absolute atomic E-state index is 0.455. The highest BCUT2D eigenvalue weighted by Gasteiger charge is 2.08. The van der Waals surface area contributed by atoms with Crippen LogP contribution in [0.2, 0.25) is 0 Å². The molecule has 0 saturated carbocycles. The van der Waals surface area contributed by atoms with Crippen LogP contribution in [0.4, 0.5) is 0 Å². The van der Waals surface area contributed by atoms with Crippen molar-refractivity contribution in [3.8, 4) is 0 Å². The van der Waals surface area contributed by atoms with Crippen LogP contribution in [-0.2, 0) is 4.52 Å². The van der Waals surface area contributed by atoms with Crippen molar-refractivity contribution in [2.24, 2.45) is 0 Å². The Balaban J connectivity index is 3.16. The molecule has 0 aliphatic carbocycles. The zero-order valence-electron chi connectivity index (χ0n) is 5.90. The lowest BCUT2D eigenvalue weighted by Gasteiger charge is -2.10. The van der Waals surface area contributed by atoms with Crippen molar-refractivity contribution >= 4 is 8.60 Å². The summed E-state index contributed by atoms with van der Waals surface area (Å²) in [6.07, 6.45) is 1.21. The van der Waals surface area contributed by atoms with E-state index in [0.29, 0.717) is 6.42 Å². The predicted molar refractivity (Wildman–Crippen MR) is 38.0 cm³/mol. The van der Waals surface area contributed by atoms with Crippen LogP contribution >= 0.6 is 8.60 Å². The highest BCUT2D eigenvalue weighted by molar-refractivity contribution is 7.39. The Hall–Kier alpha value is 0.270. The third-order valence-corrected chi connectivity index (χ3v) is 1.45. The SMILES string of the molecule is CCCCC(O)OP(O)O. The van der Waals surface area contributed by atoms with Crippen LogP contribution < -0.4 is 0 Å². The Bertz CT molecular complexity index is 78.0. The number of aliphatic hydroxyl groups is 1. The highest BCUT2D eigenvalue weighted by atomic mass is 31.2. The molecular formula is C5H13O4P. The van der Waals surface area contributed by atoms with Crippen molar-refractivity contribution in [2.75, 3.05) is 0 Å². The summed E-state index contributed by atoms with van der Waals surface area (Å²) in [5.74, 6) is 0. The molecule has 62 valence electrons. The Labute approximate surface area is 61.5 Å². The van der Waals surface area contributed by atoms with Gasteiger partial charge in [-0.15, -0.1) is 0 Å². The maximum atomic E-state index is 8.82. The molecule has 0 aliphatic heterocycles. The van der Waals surface area contributed by atoms with Gasteiger partial charge in [-0.3, -0.25) is 4.52 Å². The molecule has 0 aliphatic rings. The van der Waals surface area contributed by atoms with Gasteiger partial charge < -0.3 is 14.9 Å². The topological polar surface area (TPSA) is 69.9 Å². The van der Waals surface area contributed by atoms with Crippen molar-refractivity contribution < 1.29 is 19.4 Å². The van der Waals surface area contributed by atoms with Gasteiger partial charge in [0.15, 0.2) is 6.29 Å². The first-order valence-electron chi connectivity index (χ1n) is 3.19. The van der Waals surface area contributed by atoms with E-state index in [4.69, 9.17) is 14.9 Å². The summed E-state index contributed by atoms with van der Waals surface area (Å²) >= 11 is 0. The molecule has 1 atom stereocenters. The first-order valence-corrected chi connectivity index (χ1v) is 4.36. The van der Waals surface area contributed by atoms with Gasteiger partial charge in [-0.25, -0.2) is 0 Å². The van der Waals surface area contributed by atoms with Gasteiger partial charge in [0.05, 0.1) is 0 Å². The molecule has 0 rings (SSSR count). The van der Waals surface area contributed by atoms with Gasteiger partial charge in [-0.2, -0.15) is 0 Å². The van der Waals surface area contributed by atoms with Gasteiger partial charge >= 0.3 is 8.60 Å². The van der Waals surface area contributed by atoms with Gasteiger partial charge in [0.2, 0.25) is 0 Å². The molecular weight excluding hydrogens is 155 g/mol. The van der Waals surface area contributed by atoms with Gasteiger partial charge in [0.25, 0.3) is 0 Å². The van der Waals surface area contributed by atoms with Crippen LogP contribution in [0.15, 0.2) is 0 Å². The number of hydrogen-bond donors (Lipinski definition) is 3. The maximum Gasteiger partial charge on any atom is 0.329 e. The second-order valence-electron chi connectivity index (χ2n) is 1.96. The quantitative estimate of drug-likeness (QED) is 0.418. The van der Waals surface area contributed by atoms with Crippen molar-refractivity contribution in [1.82, 2.24) is 0 Å². The lowest BCUT2D eigenvalue weighted by atomic mass is 10.2. The molecule has 10 heavy (non-hydrogen) atoms. The van der Waals surface area contributed by atoms with E-state index in [-0.39, 0.29) is 0 Å². The molecule has 0 bridgehead atoms. The van der Waals surface area contributed by atoms with Crippen molar-refractivity contribution in [3.63, 3.8) is 0 Å². The fourth-order valence-electron chi connectivity index (χ4n) is 0.540. The Kier molecular flexibility index (Phi) is 6.17. The first-order chi connectivity index (χ1) is 4.66. The zero-order valence-corrected chi connectivity index (χ0v) is 6.79. The summed E-state index contributed by atoms with van der Waals surface area (Å²) < 4.78 is 4.28. The predicted octanol–water partition coefficient (Wildman–Crippen LogP) is 0.723. The third kappa shape index (κ3) is 6.39. The third-order valence-electron chi connectivity index (χ3n) is 1.02. The number of unbranched alkanes of at least 4 members (excludes halogenated alkanes) is 1. The van der Waals surface area contributed by atoms with Crippen LogP contribution in [0.5, 0.6) is 0 Å². The van der Waals surface area contributed by atoms with E-state index < -0.39 is 14.9 Å². The zero-order chi connectivity index (χ0) is 7.98. The summed E-state index contributed by atoms with van der Waals surface area (Å²) in [5.41, 5.74) is 0. The van der Waals surface area contributed by atoms with Crippen LogP contribution in [-0.4, -0.2) is 21.2 Å². The molecule has 0 aromatic carbocycles. The standard InChI is InChI=1S/C5H13O4P/c1-2-3-4-5(6)9-10(7)8/h5-8H,2-4H2,1H3. The molecule has 4 nitrogen and oxygen atoms in total. The first kappa shape index (κ1) is 10.3. The fraction of sp³-hybridized carbons (Fsp3) is 1.00. The molecule has 0 spiro atoms. The van der Waals surface area contributed by atoms with Crippen LogP contribution in [0.25, 0.3) is 0 Å². The minimum atomic E-state index is -2.41. The molecule has 5 heteroatoms. The largest absolute Gasteiger partial charge is 0.368 e. The summed E-state index contributed by atoms with van der Waals surface area (Å²) in [5, 5.41) is 8.82. The van der Waals surface area contributed by atoms with E-state index in [1.165, 1.54) is 0 Å². The second kappa shape index (κ2) is 6.01. The lowest BCUT2D eigenvalue weighted by molar-refractivity contribution is -0.0314. The monoisotopic (exact) mass is 168 g/mol. The van der Waals surface area contributed by atoms with Crippen LogP contribution in [0, 0.1) is 0 Å². The average Bonchev–Trinajstić information content (AvgIpc) is 1.82. The van der Waals surface area contributed by atoms with Crippen LogP contribution in [0.3, 0.4) is 0 Å². The van der Waals surface area contributed by atoms with E-state index in [0.717, 1.165) is 12.8 Å². The Morgan fingerprint density at radius 1 is 1.50 bits per heavy atom. The molecule has 1 unspecified atom stereocenters. The van der Waals surface area contributed by atoms with E-state index in [1.54, 1.807) is 0 Å². The summed E-state index contributed by atoms with van der Waals surface area (Å²) in [6, 6.07) is 0. The van der Waals surface area contributed by atoms with E-state index in [1.807, 2.05) is 6.92 Å². The smallest absolute Gasteiger partial charge is 0.329 e. The van der Waals surface area contributed by atoms with Crippen molar-refractivity contribution in [2.45, 2.75) is 32.5 Å². The van der Waals surface area contributed by atoms with Gasteiger partial charge in [-0.05, 0) is 12.8 Å². The van der Waals surface area contributed by atoms with Gasteiger partial charge in [0, 0.05) is 0 Å². The Morgan fingerprint density at radius 3 is 2.50 bits per heavy atom. The summed E-state index contributed by atoms with van der Waals surface area (Å²) in [7, 11) is -2.41. The van der Waals surface area contributed by atoms with E-state index in [2.05, 4.69) is 4.52 Å². The van der Waals surface area contributed by atoms with E-state index in [9.17, 15) is 0 Å². The van der Waals surface area contributed by atoms with Crippen molar-refractivity contribution in [1.29, 1.82) is 0 Å². The summed E-state index contributed by atoms with van der Waals surface area (Å²) in [6.45, 7) is 1.98. The molecule has 0 aromatic heterocycles. The number of rotatable bonds is 5. The van der Waals surface area contributed by atoms with E-state index >= 15 is 0 Å². The molecule has 0 amide bonds. The number of aliphatic hydroxyl groups excluding tert-OH is 1. The molecule has 0 saturated heterocycles. The second-order valence-corrected chi connectivity index (χ2v) is 2.67. The molecule has 0 fully saturated rings. The molecule has 3 N–H and O–H groups in total. The molecule has 0 radical (unpaired) electrons. The van der Waals surface area contributed by atoms with Crippen molar-refractivity contribution in [3.05, 3.63) is 0 Å². The fourth-order valence-corrected chi connectivity index (χ4v) is 0.863. The number of hydrogen-bond acceptors (Lipinski definition) is 4. The Morgan fingerprint density at radius 2 is 2.10 bits per heavy atom. The highest BCUT2D eigenvalue weighted by Crippen LogP contribution is 2.27. The molecule has 0 aromatic rings. The minimum Gasteiger partial charge on any atom is -0.368 e. The average molecular weight is 168 g/mol. The molecule has 0 heterocycles. The normalized spacial score (nSPS) is 14.1. The van der Waals surface area contributed by atoms with Gasteiger partial charge in [-0.1, -0.05) is 13.3 Å². The summed E-state index contributed by atoms with van der Waals surface area (Å²) in [4.78, 5) is 16.5. The lowest BCUT2D eigenvalue weighted by Crippen LogP contribution is -2.07. The van der Waals surface area contributed by atoms with Crippen LogP contribution in [0.1, 0.15) is 26.2 Å². The van der Waals surface area contributed by atoms with Gasteiger partial charge in [0.1, 0.15) is 0 Å². The maximum absolute atomic E-state index is 8.82.